The van der Waals surface area contributed by atoms with Crippen molar-refractivity contribution in [2.24, 2.45) is 0 Å². The normalized spacial score (nSPS) is 11.6. The smallest absolute Gasteiger partial charge is 0.221 e. The van der Waals surface area contributed by atoms with Crippen LogP contribution in [0.15, 0.2) is 24.3 Å². The molecule has 1 aromatic rings. The van der Waals surface area contributed by atoms with Crippen LogP contribution in [0.25, 0.3) is 0 Å². The summed E-state index contributed by atoms with van der Waals surface area (Å²) in [6.45, 7) is 4.12. The highest BCUT2D eigenvalue weighted by Gasteiger charge is 2.09. The van der Waals surface area contributed by atoms with E-state index in [9.17, 15) is 4.79 Å². The fraction of sp³-hybridized carbons (Fsp3) is 0.438. The lowest BCUT2D eigenvalue weighted by Gasteiger charge is -2.12. The number of hydrogen-bond donors (Lipinski definition) is 1. The Morgan fingerprint density at radius 1 is 1.44 bits per heavy atom. The third-order valence-electron chi connectivity index (χ3n) is 3.00. The van der Waals surface area contributed by atoms with Gasteiger partial charge in [0.05, 0.1) is 6.04 Å². The van der Waals surface area contributed by atoms with Crippen LogP contribution in [-0.2, 0) is 11.2 Å². The fourth-order valence-corrected chi connectivity index (χ4v) is 1.89. The lowest BCUT2D eigenvalue weighted by molar-refractivity contribution is -0.121. The van der Waals surface area contributed by atoms with Crippen molar-refractivity contribution >= 4 is 5.91 Å². The van der Waals surface area contributed by atoms with Crippen LogP contribution in [0.4, 0.5) is 0 Å². The summed E-state index contributed by atoms with van der Waals surface area (Å²) in [5, 5.41) is 2.88. The Balaban J connectivity index is 2.42. The number of benzene rings is 1. The molecular weight excluding hydrogens is 222 g/mol. The molecule has 0 saturated heterocycles. The molecule has 0 radical (unpaired) electrons. The first-order valence-electron chi connectivity index (χ1n) is 6.47. The molecule has 0 saturated carbocycles. The molecule has 0 spiro atoms. The Labute approximate surface area is 110 Å². The molecule has 0 heterocycles. The van der Waals surface area contributed by atoms with Gasteiger partial charge in [0.15, 0.2) is 0 Å². The molecule has 0 bridgehead atoms. The molecule has 0 fully saturated rings. The zero-order chi connectivity index (χ0) is 13.4. The Kier molecular flexibility index (Phi) is 6.00. The molecule has 2 nitrogen and oxygen atoms in total. The third kappa shape index (κ3) is 4.63. The molecule has 0 aliphatic rings. The molecule has 2 heteroatoms. The van der Waals surface area contributed by atoms with Crippen molar-refractivity contribution < 1.29 is 4.79 Å². The van der Waals surface area contributed by atoms with Gasteiger partial charge in [-0.1, -0.05) is 43.5 Å². The first-order valence-corrected chi connectivity index (χ1v) is 6.47. The van der Waals surface area contributed by atoms with Gasteiger partial charge >= 0.3 is 0 Å². The van der Waals surface area contributed by atoms with Crippen molar-refractivity contribution in [3.05, 3.63) is 35.4 Å². The largest absolute Gasteiger partial charge is 0.342 e. The van der Waals surface area contributed by atoms with Crippen LogP contribution in [0.2, 0.25) is 0 Å². The second kappa shape index (κ2) is 7.55. The van der Waals surface area contributed by atoms with Gasteiger partial charge in [0.25, 0.3) is 0 Å². The molecule has 1 amide bonds. The number of nitrogens with one attached hydrogen (secondary N) is 1. The van der Waals surface area contributed by atoms with E-state index in [1.54, 1.807) is 0 Å². The molecule has 96 valence electrons. The number of carbonyl (C=O) groups is 1. The van der Waals surface area contributed by atoms with E-state index in [1.807, 2.05) is 12.1 Å². The maximum Gasteiger partial charge on any atom is 0.221 e. The Bertz CT molecular complexity index is 431. The van der Waals surface area contributed by atoms with E-state index in [0.717, 1.165) is 19.3 Å². The van der Waals surface area contributed by atoms with Crippen LogP contribution in [-0.4, -0.2) is 11.9 Å². The zero-order valence-electron chi connectivity index (χ0n) is 11.2. The van der Waals surface area contributed by atoms with Crippen LogP contribution in [0.3, 0.4) is 0 Å². The first-order chi connectivity index (χ1) is 8.67. The summed E-state index contributed by atoms with van der Waals surface area (Å²) >= 11 is 0. The highest BCUT2D eigenvalue weighted by atomic mass is 16.1. The predicted molar refractivity (Wildman–Crippen MR) is 75.2 cm³/mol. The number of carbonyl (C=O) groups excluding carboxylic acids is 1. The third-order valence-corrected chi connectivity index (χ3v) is 3.00. The van der Waals surface area contributed by atoms with Crippen molar-refractivity contribution in [3.63, 3.8) is 0 Å². The number of amides is 1. The molecule has 0 aliphatic heterocycles. The van der Waals surface area contributed by atoms with Crippen LogP contribution in [0.5, 0.6) is 0 Å². The van der Waals surface area contributed by atoms with E-state index >= 15 is 0 Å². The van der Waals surface area contributed by atoms with Crippen LogP contribution < -0.4 is 5.32 Å². The highest BCUT2D eigenvalue weighted by Crippen LogP contribution is 2.09. The van der Waals surface area contributed by atoms with E-state index < -0.39 is 0 Å². The van der Waals surface area contributed by atoms with E-state index in [0.29, 0.717) is 6.42 Å². The number of aryl methyl sites for hydroxylation is 2. The molecule has 0 aliphatic carbocycles. The maximum absolute atomic E-state index is 11.8. The standard InChI is InChI=1S/C16H21NO/c1-4-8-15(5-2)17-16(18)12-11-14-10-7-6-9-13(14)3/h2,6-7,9-10,15H,4,8,11-12H2,1,3H3,(H,17,18). The minimum Gasteiger partial charge on any atom is -0.342 e. The summed E-state index contributed by atoms with van der Waals surface area (Å²) in [5.74, 6) is 2.65. The molecule has 1 unspecified atom stereocenters. The van der Waals surface area contributed by atoms with E-state index in [-0.39, 0.29) is 11.9 Å². The minimum absolute atomic E-state index is 0.0367. The average Bonchev–Trinajstić information content (AvgIpc) is 2.37. The summed E-state index contributed by atoms with van der Waals surface area (Å²) in [4.78, 5) is 11.8. The van der Waals surface area contributed by atoms with E-state index in [2.05, 4.69) is 37.2 Å². The predicted octanol–water partition coefficient (Wildman–Crippen LogP) is 2.85. The Hall–Kier alpha value is -1.75. The quantitative estimate of drug-likeness (QED) is 0.765. The molecule has 1 aromatic carbocycles. The van der Waals surface area contributed by atoms with E-state index in [1.165, 1.54) is 11.1 Å². The van der Waals surface area contributed by atoms with Gasteiger partial charge in [-0.3, -0.25) is 4.79 Å². The van der Waals surface area contributed by atoms with Gasteiger partial charge < -0.3 is 5.32 Å². The number of hydrogen-bond acceptors (Lipinski definition) is 1. The minimum atomic E-state index is -0.126. The number of rotatable bonds is 6. The fourth-order valence-electron chi connectivity index (χ4n) is 1.89. The van der Waals surface area contributed by atoms with Gasteiger partial charge in [-0.05, 0) is 30.9 Å². The number of terminal acetylenes is 1. The topological polar surface area (TPSA) is 29.1 Å². The average molecular weight is 243 g/mol. The lowest BCUT2D eigenvalue weighted by Crippen LogP contribution is -2.33. The van der Waals surface area contributed by atoms with Gasteiger partial charge in [0, 0.05) is 6.42 Å². The maximum atomic E-state index is 11.8. The van der Waals surface area contributed by atoms with Crippen LogP contribution in [0, 0.1) is 19.3 Å². The summed E-state index contributed by atoms with van der Waals surface area (Å²) in [6.07, 6.45) is 8.45. The Morgan fingerprint density at radius 2 is 2.17 bits per heavy atom. The van der Waals surface area contributed by atoms with Crippen molar-refractivity contribution in [2.45, 2.75) is 45.6 Å². The molecule has 18 heavy (non-hydrogen) atoms. The zero-order valence-corrected chi connectivity index (χ0v) is 11.2. The van der Waals surface area contributed by atoms with Gasteiger partial charge in [0.1, 0.15) is 0 Å². The van der Waals surface area contributed by atoms with Gasteiger partial charge in [0.2, 0.25) is 5.91 Å². The molecule has 1 N–H and O–H groups in total. The van der Waals surface area contributed by atoms with Crippen molar-refractivity contribution in [3.8, 4) is 12.3 Å². The van der Waals surface area contributed by atoms with Crippen molar-refractivity contribution in [1.29, 1.82) is 0 Å². The van der Waals surface area contributed by atoms with Crippen molar-refractivity contribution in [1.82, 2.24) is 5.32 Å². The second-order valence-electron chi connectivity index (χ2n) is 4.50. The molecule has 1 atom stereocenters. The SMILES string of the molecule is C#CC(CCC)NC(=O)CCc1ccccc1C. The second-order valence-corrected chi connectivity index (χ2v) is 4.50. The van der Waals surface area contributed by atoms with E-state index in [4.69, 9.17) is 6.42 Å². The summed E-state index contributed by atoms with van der Waals surface area (Å²) < 4.78 is 0. The van der Waals surface area contributed by atoms with Gasteiger partial charge in [-0.15, -0.1) is 6.42 Å². The molecule has 1 rings (SSSR count). The molecule has 0 aromatic heterocycles. The molecular formula is C16H21NO. The summed E-state index contributed by atoms with van der Waals surface area (Å²) in [7, 11) is 0. The summed E-state index contributed by atoms with van der Waals surface area (Å²) in [5.41, 5.74) is 2.45. The Morgan fingerprint density at radius 3 is 2.78 bits per heavy atom. The van der Waals surface area contributed by atoms with Gasteiger partial charge in [-0.2, -0.15) is 0 Å². The summed E-state index contributed by atoms with van der Waals surface area (Å²) in [6, 6.07) is 8.01. The van der Waals surface area contributed by atoms with Crippen molar-refractivity contribution in [2.75, 3.05) is 0 Å². The van der Waals surface area contributed by atoms with Crippen LogP contribution in [0.1, 0.15) is 37.3 Å². The van der Waals surface area contributed by atoms with Gasteiger partial charge in [-0.25, -0.2) is 0 Å². The first kappa shape index (κ1) is 14.3. The monoisotopic (exact) mass is 243 g/mol. The van der Waals surface area contributed by atoms with Crippen LogP contribution >= 0.6 is 0 Å². The highest BCUT2D eigenvalue weighted by molar-refractivity contribution is 5.77. The lowest BCUT2D eigenvalue weighted by atomic mass is 10.0.